The zero-order valence-corrected chi connectivity index (χ0v) is 21.5. The van der Waals surface area contributed by atoms with Gasteiger partial charge in [0, 0.05) is 48.8 Å². The van der Waals surface area contributed by atoms with E-state index in [0.717, 1.165) is 19.5 Å². The number of anilines is 1. The molecule has 1 aliphatic carbocycles. The van der Waals surface area contributed by atoms with E-state index < -0.39 is 5.82 Å². The van der Waals surface area contributed by atoms with Crippen LogP contribution in [0.3, 0.4) is 0 Å². The molecule has 0 bridgehead atoms. The summed E-state index contributed by atoms with van der Waals surface area (Å²) in [6.45, 7) is 6.30. The largest absolute Gasteiger partial charge is 0.488 e. The first-order valence-electron chi connectivity index (χ1n) is 12.8. The van der Waals surface area contributed by atoms with E-state index in [1.54, 1.807) is 43.0 Å². The van der Waals surface area contributed by atoms with Gasteiger partial charge >= 0.3 is 0 Å². The molecule has 1 aliphatic heterocycles. The second-order valence-corrected chi connectivity index (χ2v) is 10.0. The monoisotopic (exact) mass is 521 g/mol. The number of rotatable bonds is 8. The molecular weight excluding hydrogens is 492 g/mol. The van der Waals surface area contributed by atoms with Gasteiger partial charge in [-0.15, -0.1) is 5.10 Å². The molecule has 4 aromatic rings. The van der Waals surface area contributed by atoms with Crippen molar-refractivity contribution in [2.45, 2.75) is 38.6 Å². The minimum Gasteiger partial charge on any atom is -0.488 e. The molecule has 1 N–H and O–H groups in total. The number of carbonyl (C=O) groups excluding carboxylic acids is 1. The van der Waals surface area contributed by atoms with Crippen LogP contribution in [-0.2, 0) is 11.8 Å². The Balaban J connectivity index is 1.18. The molecule has 1 saturated heterocycles. The average molecular weight is 522 g/mol. The van der Waals surface area contributed by atoms with Crippen LogP contribution in [0.4, 0.5) is 14.6 Å². The van der Waals surface area contributed by atoms with Crippen LogP contribution in [0.1, 0.15) is 37.1 Å². The van der Waals surface area contributed by atoms with Crippen molar-refractivity contribution in [1.82, 2.24) is 29.3 Å². The van der Waals surface area contributed by atoms with Gasteiger partial charge in [-0.1, -0.05) is 6.92 Å². The van der Waals surface area contributed by atoms with Gasteiger partial charge in [0.15, 0.2) is 17.4 Å². The van der Waals surface area contributed by atoms with Crippen molar-refractivity contribution < 1.29 is 18.3 Å². The van der Waals surface area contributed by atoms with Gasteiger partial charge in [-0.3, -0.25) is 19.4 Å². The van der Waals surface area contributed by atoms with Crippen LogP contribution in [0.25, 0.3) is 16.8 Å². The summed E-state index contributed by atoms with van der Waals surface area (Å²) in [5.41, 5.74) is 2.52. The maximum absolute atomic E-state index is 15.3. The Hall–Kier alpha value is -3.86. The van der Waals surface area contributed by atoms with E-state index in [2.05, 4.69) is 32.3 Å². The first kappa shape index (κ1) is 24.5. The summed E-state index contributed by atoms with van der Waals surface area (Å²) in [5.74, 6) is -0.505. The van der Waals surface area contributed by atoms with Crippen molar-refractivity contribution in [2.75, 3.05) is 25.0 Å². The van der Waals surface area contributed by atoms with Crippen LogP contribution in [0.2, 0.25) is 0 Å². The van der Waals surface area contributed by atoms with Crippen LogP contribution in [0.15, 0.2) is 36.7 Å². The smallest absolute Gasteiger partial charge is 0.229 e. The molecule has 5 heterocycles. The Morgan fingerprint density at radius 2 is 2.08 bits per heavy atom. The van der Waals surface area contributed by atoms with Gasteiger partial charge in [-0.2, -0.15) is 5.10 Å². The lowest BCUT2D eigenvalue weighted by Crippen LogP contribution is -2.50. The molecule has 6 rings (SSSR count). The second-order valence-electron chi connectivity index (χ2n) is 10.0. The Morgan fingerprint density at radius 3 is 2.82 bits per heavy atom. The van der Waals surface area contributed by atoms with E-state index in [-0.39, 0.29) is 23.6 Å². The van der Waals surface area contributed by atoms with E-state index in [1.165, 1.54) is 16.8 Å². The molecule has 1 amide bonds. The molecule has 38 heavy (non-hydrogen) atoms. The summed E-state index contributed by atoms with van der Waals surface area (Å²) < 4.78 is 37.9. The maximum Gasteiger partial charge on any atom is 0.229 e. The highest BCUT2D eigenvalue weighted by molar-refractivity contribution is 5.95. The van der Waals surface area contributed by atoms with Gasteiger partial charge in [0.1, 0.15) is 18.1 Å². The Bertz CT molecular complexity index is 1530. The second kappa shape index (κ2) is 9.46. The van der Waals surface area contributed by atoms with Crippen molar-refractivity contribution in [1.29, 1.82) is 0 Å². The number of pyridine rings is 2. The SMILES string of the molecule is CCN1CC[C@@H]1COc1cnn(C)c1-c1cc2cc(NC(=O)[C@H]3C[C@H]3c3ccc(F)c(C)n3)nn2cc1F. The minimum atomic E-state index is -0.481. The average Bonchev–Trinajstić information content (AvgIpc) is 3.46. The molecule has 198 valence electrons. The highest BCUT2D eigenvalue weighted by Crippen LogP contribution is 2.47. The van der Waals surface area contributed by atoms with E-state index in [9.17, 15) is 9.18 Å². The highest BCUT2D eigenvalue weighted by atomic mass is 19.1. The van der Waals surface area contributed by atoms with Crippen molar-refractivity contribution >= 4 is 17.2 Å². The number of ether oxygens (including phenoxy) is 1. The zero-order valence-electron chi connectivity index (χ0n) is 21.5. The Kier molecular flexibility index (Phi) is 6.10. The van der Waals surface area contributed by atoms with Gasteiger partial charge in [0.05, 0.1) is 23.6 Å². The number of aryl methyl sites for hydroxylation is 2. The number of likely N-dealkylation sites (N-methyl/N-ethyl adjacent to an activating group) is 1. The number of likely N-dealkylation sites (tertiary alicyclic amines) is 1. The van der Waals surface area contributed by atoms with Gasteiger partial charge < -0.3 is 10.1 Å². The van der Waals surface area contributed by atoms with Gasteiger partial charge in [-0.05, 0) is 44.5 Å². The summed E-state index contributed by atoms with van der Waals surface area (Å²) in [5, 5.41) is 11.5. The summed E-state index contributed by atoms with van der Waals surface area (Å²) >= 11 is 0. The number of halogens is 2. The van der Waals surface area contributed by atoms with Crippen LogP contribution in [0.5, 0.6) is 5.75 Å². The standard InChI is InChI=1S/C27H29F2N7O2/c1-4-35-8-7-16(35)14-38-24-12-30-34(3)26(24)20-9-17-10-25(33-36(17)13-22(20)29)32-27(37)19-11-18(19)23-6-5-21(28)15(2)31-23/h5-6,9-10,12-13,16,18-19H,4,7-8,11,14H2,1-3H3,(H,32,33,37)/t16-,18-,19+/m1/s1. The predicted octanol–water partition coefficient (Wildman–Crippen LogP) is 3.93. The van der Waals surface area contributed by atoms with Crippen molar-refractivity contribution in [2.24, 2.45) is 13.0 Å². The number of nitrogens with one attached hydrogen (secondary N) is 1. The molecule has 4 aromatic heterocycles. The molecule has 11 heteroatoms. The molecule has 0 unspecified atom stereocenters. The third-order valence-electron chi connectivity index (χ3n) is 7.61. The third kappa shape index (κ3) is 4.40. The summed E-state index contributed by atoms with van der Waals surface area (Å²) in [6, 6.07) is 6.73. The minimum absolute atomic E-state index is 0.0528. The number of carbonyl (C=O) groups is 1. The number of aromatic nitrogens is 5. The summed E-state index contributed by atoms with van der Waals surface area (Å²) in [4.78, 5) is 19.4. The quantitative estimate of drug-likeness (QED) is 0.378. The van der Waals surface area contributed by atoms with Crippen molar-refractivity contribution in [3.05, 3.63) is 59.7 Å². The molecule has 0 radical (unpaired) electrons. The molecule has 9 nitrogen and oxygen atoms in total. The van der Waals surface area contributed by atoms with Gasteiger partial charge in [0.2, 0.25) is 5.91 Å². The van der Waals surface area contributed by atoms with E-state index in [4.69, 9.17) is 4.74 Å². The maximum atomic E-state index is 15.3. The fraction of sp³-hybridized carbons (Fsp3) is 0.407. The fourth-order valence-electron chi connectivity index (χ4n) is 5.17. The molecule has 3 atom stereocenters. The molecule has 2 aliphatic rings. The predicted molar refractivity (Wildman–Crippen MR) is 137 cm³/mol. The number of amides is 1. The highest BCUT2D eigenvalue weighted by Gasteiger charge is 2.45. The summed E-state index contributed by atoms with van der Waals surface area (Å²) in [6.07, 6.45) is 4.61. The van der Waals surface area contributed by atoms with Crippen LogP contribution in [0, 0.1) is 24.5 Å². The van der Waals surface area contributed by atoms with E-state index >= 15 is 4.39 Å². The molecule has 0 spiro atoms. The Labute approximate surface area is 218 Å². The van der Waals surface area contributed by atoms with Crippen LogP contribution >= 0.6 is 0 Å². The van der Waals surface area contributed by atoms with Gasteiger partial charge in [0.25, 0.3) is 0 Å². The Morgan fingerprint density at radius 1 is 1.24 bits per heavy atom. The number of hydrogen-bond acceptors (Lipinski definition) is 6. The molecular formula is C27H29F2N7O2. The lowest BCUT2D eigenvalue weighted by Gasteiger charge is -2.39. The fourth-order valence-corrected chi connectivity index (χ4v) is 5.17. The normalized spacial score (nSPS) is 20.9. The topological polar surface area (TPSA) is 89.6 Å². The number of fused-ring (bicyclic) bond motifs is 1. The number of hydrogen-bond donors (Lipinski definition) is 1. The third-order valence-corrected chi connectivity index (χ3v) is 7.61. The molecule has 0 aromatic carbocycles. The van der Waals surface area contributed by atoms with Crippen molar-refractivity contribution in [3.63, 3.8) is 0 Å². The zero-order chi connectivity index (χ0) is 26.6. The van der Waals surface area contributed by atoms with E-state index in [0.29, 0.717) is 58.8 Å². The van der Waals surface area contributed by atoms with E-state index in [1.807, 2.05) is 0 Å². The lowest BCUT2D eigenvalue weighted by molar-refractivity contribution is -0.117. The first-order valence-corrected chi connectivity index (χ1v) is 12.8. The van der Waals surface area contributed by atoms with Gasteiger partial charge in [-0.25, -0.2) is 13.3 Å². The lowest BCUT2D eigenvalue weighted by atomic mass is 10.0. The van der Waals surface area contributed by atoms with Crippen LogP contribution in [-0.4, -0.2) is 60.9 Å². The number of nitrogens with zero attached hydrogens (tertiary/aromatic N) is 6. The van der Waals surface area contributed by atoms with Crippen LogP contribution < -0.4 is 10.1 Å². The summed E-state index contributed by atoms with van der Waals surface area (Å²) in [7, 11) is 1.75. The van der Waals surface area contributed by atoms with Crippen molar-refractivity contribution in [3.8, 4) is 17.0 Å². The molecule has 2 fully saturated rings. The molecule has 1 saturated carbocycles. The first-order chi connectivity index (χ1) is 18.3.